The summed E-state index contributed by atoms with van der Waals surface area (Å²) in [5.74, 6) is 0.756. The van der Waals surface area contributed by atoms with Gasteiger partial charge in [0.15, 0.2) is 0 Å². The van der Waals surface area contributed by atoms with Crippen LogP contribution in [0.2, 0.25) is 5.02 Å². The van der Waals surface area contributed by atoms with Crippen LogP contribution < -0.4 is 4.74 Å². The van der Waals surface area contributed by atoms with Crippen LogP contribution in [0.4, 0.5) is 0 Å². The van der Waals surface area contributed by atoms with Gasteiger partial charge in [0, 0.05) is 12.0 Å². The van der Waals surface area contributed by atoms with Gasteiger partial charge in [-0.05, 0) is 25.5 Å². The number of hydrogen-bond donors (Lipinski definition) is 0. The largest absolute Gasteiger partial charge is 0.496 e. The fraction of sp³-hybridized carbons (Fsp3) is 0.364. The van der Waals surface area contributed by atoms with Gasteiger partial charge < -0.3 is 4.74 Å². The first-order chi connectivity index (χ1) is 6.56. The first kappa shape index (κ1) is 11.1. The quantitative estimate of drug-likeness (QED) is 0.770. The van der Waals surface area contributed by atoms with E-state index in [1.165, 1.54) is 6.92 Å². The average molecular weight is 213 g/mol. The van der Waals surface area contributed by atoms with Crippen molar-refractivity contribution in [3.8, 4) is 5.75 Å². The van der Waals surface area contributed by atoms with Crippen LogP contribution >= 0.6 is 11.6 Å². The van der Waals surface area contributed by atoms with Crippen molar-refractivity contribution in [2.24, 2.45) is 0 Å². The van der Waals surface area contributed by atoms with Crippen LogP contribution in [0, 0.1) is 6.92 Å². The number of ether oxygens (including phenoxy) is 1. The molecular weight excluding hydrogens is 200 g/mol. The molecule has 0 fully saturated rings. The number of ketones is 1. The number of aryl methyl sites for hydroxylation is 1. The molecular formula is C11H13ClO2. The summed E-state index contributed by atoms with van der Waals surface area (Å²) in [4.78, 5) is 11.0. The van der Waals surface area contributed by atoms with Gasteiger partial charge in [-0.25, -0.2) is 0 Å². The topological polar surface area (TPSA) is 26.3 Å². The van der Waals surface area contributed by atoms with E-state index in [0.29, 0.717) is 17.2 Å². The minimum Gasteiger partial charge on any atom is -0.496 e. The highest BCUT2D eigenvalue weighted by molar-refractivity contribution is 6.32. The zero-order valence-electron chi connectivity index (χ0n) is 8.56. The van der Waals surface area contributed by atoms with Crippen molar-refractivity contribution in [2.75, 3.05) is 7.11 Å². The van der Waals surface area contributed by atoms with Crippen molar-refractivity contribution < 1.29 is 9.53 Å². The van der Waals surface area contributed by atoms with Gasteiger partial charge in [-0.15, -0.1) is 0 Å². The molecule has 0 atom stereocenters. The van der Waals surface area contributed by atoms with Crippen LogP contribution in [-0.4, -0.2) is 12.9 Å². The van der Waals surface area contributed by atoms with Gasteiger partial charge in [-0.3, -0.25) is 4.79 Å². The molecule has 0 amide bonds. The van der Waals surface area contributed by atoms with Gasteiger partial charge in [0.25, 0.3) is 0 Å². The Bertz CT molecular complexity index is 359. The molecule has 0 aliphatic heterocycles. The molecule has 14 heavy (non-hydrogen) atoms. The molecule has 2 nitrogen and oxygen atoms in total. The Morgan fingerprint density at radius 3 is 2.64 bits per heavy atom. The van der Waals surface area contributed by atoms with Crippen LogP contribution in [0.1, 0.15) is 18.1 Å². The average Bonchev–Trinajstić information content (AvgIpc) is 2.13. The molecule has 0 bridgehead atoms. The van der Waals surface area contributed by atoms with Crippen LogP contribution in [-0.2, 0) is 11.2 Å². The first-order valence-corrected chi connectivity index (χ1v) is 4.75. The number of methoxy groups -OCH3 is 1. The predicted octanol–water partition coefficient (Wildman–Crippen LogP) is 2.79. The molecule has 0 spiro atoms. The fourth-order valence-corrected chi connectivity index (χ4v) is 1.55. The zero-order chi connectivity index (χ0) is 10.7. The SMILES string of the molecule is COc1ccc(C)c(Cl)c1CC(C)=O. The van der Waals surface area contributed by atoms with E-state index >= 15 is 0 Å². The molecule has 0 aliphatic rings. The maximum atomic E-state index is 11.0. The normalized spacial score (nSPS) is 10.0. The number of carbonyl (C=O) groups excluding carboxylic acids is 1. The van der Waals surface area contributed by atoms with Crippen LogP contribution in [0.25, 0.3) is 0 Å². The van der Waals surface area contributed by atoms with Gasteiger partial charge in [-0.2, -0.15) is 0 Å². The van der Waals surface area contributed by atoms with Crippen molar-refractivity contribution in [1.82, 2.24) is 0 Å². The number of halogens is 1. The number of rotatable bonds is 3. The van der Waals surface area contributed by atoms with Crippen molar-refractivity contribution in [2.45, 2.75) is 20.3 Å². The maximum Gasteiger partial charge on any atom is 0.134 e. The molecule has 0 unspecified atom stereocenters. The Balaban J connectivity index is 3.20. The van der Waals surface area contributed by atoms with Gasteiger partial charge in [-0.1, -0.05) is 17.7 Å². The predicted molar refractivity (Wildman–Crippen MR) is 57.1 cm³/mol. The van der Waals surface area contributed by atoms with Crippen molar-refractivity contribution >= 4 is 17.4 Å². The summed E-state index contributed by atoms with van der Waals surface area (Å²) >= 11 is 6.09. The zero-order valence-corrected chi connectivity index (χ0v) is 9.31. The second kappa shape index (κ2) is 4.47. The van der Waals surface area contributed by atoms with E-state index in [1.54, 1.807) is 7.11 Å². The van der Waals surface area contributed by atoms with Crippen LogP contribution in [0.15, 0.2) is 12.1 Å². The van der Waals surface area contributed by atoms with Crippen molar-refractivity contribution in [3.63, 3.8) is 0 Å². The Labute approximate surface area is 88.8 Å². The second-order valence-corrected chi connectivity index (χ2v) is 3.63. The highest BCUT2D eigenvalue weighted by Gasteiger charge is 2.11. The smallest absolute Gasteiger partial charge is 0.134 e. The van der Waals surface area contributed by atoms with E-state index < -0.39 is 0 Å². The van der Waals surface area contributed by atoms with E-state index in [9.17, 15) is 4.79 Å². The number of carbonyl (C=O) groups is 1. The first-order valence-electron chi connectivity index (χ1n) is 4.37. The molecule has 1 aromatic carbocycles. The van der Waals surface area contributed by atoms with E-state index in [2.05, 4.69) is 0 Å². The highest BCUT2D eigenvalue weighted by atomic mass is 35.5. The van der Waals surface area contributed by atoms with Gasteiger partial charge in [0.1, 0.15) is 11.5 Å². The summed E-state index contributed by atoms with van der Waals surface area (Å²) < 4.78 is 5.15. The van der Waals surface area contributed by atoms with E-state index in [1.807, 2.05) is 19.1 Å². The number of benzene rings is 1. The standard InChI is InChI=1S/C11H13ClO2/c1-7-4-5-10(14-3)9(11(7)12)6-8(2)13/h4-5H,6H2,1-3H3. The summed E-state index contributed by atoms with van der Waals surface area (Å²) in [7, 11) is 1.57. The molecule has 0 saturated heterocycles. The second-order valence-electron chi connectivity index (χ2n) is 3.26. The minimum absolute atomic E-state index is 0.0794. The maximum absolute atomic E-state index is 11.0. The summed E-state index contributed by atoms with van der Waals surface area (Å²) in [5, 5.41) is 0.625. The fourth-order valence-electron chi connectivity index (χ4n) is 1.33. The third-order valence-electron chi connectivity index (χ3n) is 2.04. The number of Topliss-reactive ketones (excluding diaryl/α,β-unsaturated/α-hetero) is 1. The third-order valence-corrected chi connectivity index (χ3v) is 2.57. The lowest BCUT2D eigenvalue weighted by molar-refractivity contribution is -0.116. The lowest BCUT2D eigenvalue weighted by atomic mass is 10.1. The van der Waals surface area contributed by atoms with Gasteiger partial charge >= 0.3 is 0 Å². The Hall–Kier alpha value is -1.02. The molecule has 3 heteroatoms. The molecule has 76 valence electrons. The molecule has 1 rings (SSSR count). The van der Waals surface area contributed by atoms with E-state index in [0.717, 1.165) is 11.1 Å². The molecule has 0 radical (unpaired) electrons. The minimum atomic E-state index is 0.0794. The molecule has 0 aromatic heterocycles. The Morgan fingerprint density at radius 1 is 1.50 bits per heavy atom. The van der Waals surface area contributed by atoms with E-state index in [4.69, 9.17) is 16.3 Å². The molecule has 0 saturated carbocycles. The highest BCUT2D eigenvalue weighted by Crippen LogP contribution is 2.29. The Kier molecular flexibility index (Phi) is 3.53. The van der Waals surface area contributed by atoms with Gasteiger partial charge in [0.05, 0.1) is 12.1 Å². The molecule has 1 aromatic rings. The van der Waals surface area contributed by atoms with Crippen LogP contribution in [0.3, 0.4) is 0 Å². The molecule has 0 aliphatic carbocycles. The van der Waals surface area contributed by atoms with Crippen molar-refractivity contribution in [1.29, 1.82) is 0 Å². The summed E-state index contributed by atoms with van der Waals surface area (Å²) in [6.07, 6.45) is 0.323. The summed E-state index contributed by atoms with van der Waals surface area (Å²) in [5.41, 5.74) is 1.74. The molecule has 0 heterocycles. The molecule has 0 N–H and O–H groups in total. The number of hydrogen-bond acceptors (Lipinski definition) is 2. The monoisotopic (exact) mass is 212 g/mol. The van der Waals surface area contributed by atoms with Gasteiger partial charge in [0.2, 0.25) is 0 Å². The van der Waals surface area contributed by atoms with E-state index in [-0.39, 0.29) is 5.78 Å². The summed E-state index contributed by atoms with van der Waals surface area (Å²) in [6.45, 7) is 3.45. The van der Waals surface area contributed by atoms with Crippen molar-refractivity contribution in [3.05, 3.63) is 28.3 Å². The third kappa shape index (κ3) is 2.26. The summed E-state index contributed by atoms with van der Waals surface area (Å²) in [6, 6.07) is 3.71. The lowest BCUT2D eigenvalue weighted by Gasteiger charge is -2.10. The Morgan fingerprint density at radius 2 is 2.14 bits per heavy atom. The lowest BCUT2D eigenvalue weighted by Crippen LogP contribution is -2.01. The van der Waals surface area contributed by atoms with Crippen LogP contribution in [0.5, 0.6) is 5.75 Å².